The van der Waals surface area contributed by atoms with Crippen LogP contribution >= 0.6 is 0 Å². The minimum atomic E-state index is 0.940. The third kappa shape index (κ3) is 8.33. The molecule has 82 valence electrons. The highest BCUT2D eigenvalue weighted by Gasteiger charge is 2.12. The zero-order chi connectivity index (χ0) is 10.7. The molecule has 0 heterocycles. The van der Waals surface area contributed by atoms with Crippen LogP contribution in [-0.4, -0.2) is 0 Å². The Balaban J connectivity index is 0. The van der Waals surface area contributed by atoms with Gasteiger partial charge in [0.05, 0.1) is 0 Å². The van der Waals surface area contributed by atoms with Gasteiger partial charge in [0.2, 0.25) is 0 Å². The second kappa shape index (κ2) is 12.0. The first-order chi connectivity index (χ1) is 6.26. The molecule has 0 spiro atoms. The molecule has 0 bridgehead atoms. The zero-order valence-corrected chi connectivity index (χ0v) is 10.7. The van der Waals surface area contributed by atoms with Gasteiger partial charge in [0.25, 0.3) is 0 Å². The van der Waals surface area contributed by atoms with Crippen molar-refractivity contribution in [3.05, 3.63) is 0 Å². The molecular weight excluding hydrogens is 156 g/mol. The maximum absolute atomic E-state index is 2.40. The van der Waals surface area contributed by atoms with E-state index < -0.39 is 0 Å². The Bertz CT molecular complexity index is 70.1. The van der Waals surface area contributed by atoms with E-state index in [1.54, 1.807) is 0 Å². The molecule has 0 saturated carbocycles. The predicted octanol–water partition coefficient (Wildman–Crippen LogP) is 5.28. The molecule has 0 N–H and O–H groups in total. The van der Waals surface area contributed by atoms with Crippen LogP contribution in [0.25, 0.3) is 0 Å². The Morgan fingerprint density at radius 3 is 1.46 bits per heavy atom. The van der Waals surface area contributed by atoms with Gasteiger partial charge in [0.15, 0.2) is 0 Å². The third-order valence-corrected chi connectivity index (χ3v) is 2.77. The van der Waals surface area contributed by atoms with Crippen molar-refractivity contribution in [2.45, 2.75) is 73.6 Å². The lowest BCUT2D eigenvalue weighted by Crippen LogP contribution is -2.10. The minimum absolute atomic E-state index is 0.940. The Hall–Kier alpha value is 0. The summed E-state index contributed by atoms with van der Waals surface area (Å²) in [6.07, 6.45) is 6.93. The van der Waals surface area contributed by atoms with Gasteiger partial charge in [-0.05, 0) is 11.8 Å². The summed E-state index contributed by atoms with van der Waals surface area (Å²) in [5, 5.41) is 0. The van der Waals surface area contributed by atoms with Crippen molar-refractivity contribution in [3.63, 3.8) is 0 Å². The van der Waals surface area contributed by atoms with Crippen molar-refractivity contribution in [3.8, 4) is 0 Å². The van der Waals surface area contributed by atoms with Crippen LogP contribution in [0.5, 0.6) is 0 Å². The van der Waals surface area contributed by atoms with Crippen molar-refractivity contribution in [2.75, 3.05) is 0 Å². The molecule has 0 aromatic carbocycles. The summed E-state index contributed by atoms with van der Waals surface area (Å²) in [6, 6.07) is 0. The number of hydrogen-bond donors (Lipinski definition) is 0. The molecule has 13 heavy (non-hydrogen) atoms. The van der Waals surface area contributed by atoms with Crippen LogP contribution in [0.2, 0.25) is 0 Å². The normalized spacial score (nSPS) is 12.2. The molecule has 0 radical (unpaired) electrons. The van der Waals surface area contributed by atoms with E-state index in [1.807, 2.05) is 13.8 Å². The maximum atomic E-state index is 2.40. The summed E-state index contributed by atoms with van der Waals surface area (Å²) in [7, 11) is 0. The molecule has 0 amide bonds. The highest BCUT2D eigenvalue weighted by atomic mass is 14.2. The Morgan fingerprint density at radius 2 is 1.23 bits per heavy atom. The first-order valence-corrected chi connectivity index (χ1v) is 6.26. The average Bonchev–Trinajstić information content (AvgIpc) is 2.19. The maximum Gasteiger partial charge on any atom is -0.0389 e. The first kappa shape index (κ1) is 15.5. The fourth-order valence-electron chi connectivity index (χ4n) is 1.79. The predicted molar refractivity (Wildman–Crippen MR) is 64.1 cm³/mol. The van der Waals surface area contributed by atoms with Gasteiger partial charge in [-0.2, -0.15) is 0 Å². The van der Waals surface area contributed by atoms with Crippen molar-refractivity contribution >= 4 is 0 Å². The van der Waals surface area contributed by atoms with Gasteiger partial charge >= 0.3 is 0 Å². The van der Waals surface area contributed by atoms with E-state index >= 15 is 0 Å². The van der Waals surface area contributed by atoms with Gasteiger partial charge in [-0.25, -0.2) is 0 Å². The van der Waals surface area contributed by atoms with E-state index in [2.05, 4.69) is 27.7 Å². The Morgan fingerprint density at radius 1 is 0.846 bits per heavy atom. The lowest BCUT2D eigenvalue weighted by atomic mass is 9.85. The Kier molecular flexibility index (Phi) is 14.3. The van der Waals surface area contributed by atoms with Crippen LogP contribution < -0.4 is 0 Å². The van der Waals surface area contributed by atoms with E-state index in [-0.39, 0.29) is 0 Å². The number of hydrogen-bond acceptors (Lipinski definition) is 0. The lowest BCUT2D eigenvalue weighted by Gasteiger charge is -2.21. The molecule has 0 saturated heterocycles. The molecule has 0 aliphatic carbocycles. The zero-order valence-electron chi connectivity index (χ0n) is 10.7. The Labute approximate surface area is 86.1 Å². The fraction of sp³-hybridized carbons (Fsp3) is 1.00. The van der Waals surface area contributed by atoms with Crippen LogP contribution in [-0.2, 0) is 0 Å². The van der Waals surface area contributed by atoms with Crippen LogP contribution in [0.1, 0.15) is 73.6 Å². The fourth-order valence-corrected chi connectivity index (χ4v) is 1.79. The first-order valence-electron chi connectivity index (χ1n) is 6.26. The SMILES string of the molecule is CC.CCCC(CCC)C(C)CC. The smallest absolute Gasteiger partial charge is 0.0389 e. The van der Waals surface area contributed by atoms with Crippen LogP contribution in [0.15, 0.2) is 0 Å². The molecule has 1 unspecified atom stereocenters. The minimum Gasteiger partial charge on any atom is -0.0683 e. The van der Waals surface area contributed by atoms with Crippen molar-refractivity contribution in [1.82, 2.24) is 0 Å². The lowest BCUT2D eigenvalue weighted by molar-refractivity contribution is 0.302. The van der Waals surface area contributed by atoms with E-state index in [9.17, 15) is 0 Å². The number of rotatable bonds is 6. The second-order valence-corrected chi connectivity index (χ2v) is 3.72. The summed E-state index contributed by atoms with van der Waals surface area (Å²) in [6.45, 7) is 13.3. The molecule has 0 aliphatic heterocycles. The molecule has 0 aromatic heterocycles. The molecular formula is C13H30. The molecule has 0 aromatic rings. The highest BCUT2D eigenvalue weighted by molar-refractivity contribution is 4.64. The van der Waals surface area contributed by atoms with Crippen molar-refractivity contribution < 1.29 is 0 Å². The van der Waals surface area contributed by atoms with E-state index in [0.717, 1.165) is 11.8 Å². The summed E-state index contributed by atoms with van der Waals surface area (Å²) in [4.78, 5) is 0. The summed E-state index contributed by atoms with van der Waals surface area (Å²) in [5.41, 5.74) is 0. The summed E-state index contributed by atoms with van der Waals surface area (Å²) >= 11 is 0. The van der Waals surface area contributed by atoms with Gasteiger partial charge in [0, 0.05) is 0 Å². The van der Waals surface area contributed by atoms with E-state index in [4.69, 9.17) is 0 Å². The van der Waals surface area contributed by atoms with Gasteiger partial charge < -0.3 is 0 Å². The van der Waals surface area contributed by atoms with Crippen molar-refractivity contribution in [1.29, 1.82) is 0 Å². The highest BCUT2D eigenvalue weighted by Crippen LogP contribution is 2.24. The van der Waals surface area contributed by atoms with Crippen LogP contribution in [0, 0.1) is 11.8 Å². The second-order valence-electron chi connectivity index (χ2n) is 3.72. The molecule has 1 atom stereocenters. The standard InChI is InChI=1S/C11H24.C2H6/c1-5-8-11(9-6-2)10(4)7-3;1-2/h10-11H,5-9H2,1-4H3;1-2H3. The van der Waals surface area contributed by atoms with E-state index in [0.29, 0.717) is 0 Å². The average molecular weight is 186 g/mol. The third-order valence-electron chi connectivity index (χ3n) is 2.77. The molecule has 0 heteroatoms. The molecule has 0 nitrogen and oxygen atoms in total. The van der Waals surface area contributed by atoms with Gasteiger partial charge in [-0.1, -0.05) is 73.6 Å². The van der Waals surface area contributed by atoms with Crippen LogP contribution in [0.4, 0.5) is 0 Å². The van der Waals surface area contributed by atoms with Crippen molar-refractivity contribution in [2.24, 2.45) is 11.8 Å². The largest absolute Gasteiger partial charge is 0.0683 e. The summed E-state index contributed by atoms with van der Waals surface area (Å²) in [5.74, 6) is 1.94. The molecule has 0 aliphatic rings. The topological polar surface area (TPSA) is 0 Å². The summed E-state index contributed by atoms with van der Waals surface area (Å²) < 4.78 is 0. The van der Waals surface area contributed by atoms with E-state index in [1.165, 1.54) is 32.1 Å². The van der Waals surface area contributed by atoms with Gasteiger partial charge in [-0.3, -0.25) is 0 Å². The monoisotopic (exact) mass is 186 g/mol. The van der Waals surface area contributed by atoms with Gasteiger partial charge in [0.1, 0.15) is 0 Å². The van der Waals surface area contributed by atoms with Crippen LogP contribution in [0.3, 0.4) is 0 Å². The molecule has 0 fully saturated rings. The van der Waals surface area contributed by atoms with Gasteiger partial charge in [-0.15, -0.1) is 0 Å². The molecule has 0 rings (SSSR count). The quantitative estimate of drug-likeness (QED) is 0.530.